The summed E-state index contributed by atoms with van der Waals surface area (Å²) in [5.74, 6) is -0.289. The number of hydrogen-bond donors (Lipinski definition) is 1. The number of fused-ring (bicyclic) bond motifs is 1. The molecule has 6 nitrogen and oxygen atoms in total. The van der Waals surface area contributed by atoms with E-state index in [0.29, 0.717) is 32.5 Å². The highest BCUT2D eigenvalue weighted by atomic mass is 19.1. The highest BCUT2D eigenvalue weighted by Crippen LogP contribution is 2.45. The van der Waals surface area contributed by atoms with Crippen LogP contribution >= 0.6 is 0 Å². The van der Waals surface area contributed by atoms with Gasteiger partial charge in [-0.15, -0.1) is 0 Å². The Balaban J connectivity index is 1.44. The average Bonchev–Trinajstić information content (AvgIpc) is 3.31. The fraction of sp³-hybridized carbons (Fsp3) is 0.474. The Kier molecular flexibility index (Phi) is 3.22. The molecule has 1 aromatic heterocycles. The molecule has 0 radical (unpaired) electrons. The average molecular weight is 357 g/mol. The van der Waals surface area contributed by atoms with E-state index in [1.54, 1.807) is 15.9 Å². The maximum atomic E-state index is 13.7. The highest BCUT2D eigenvalue weighted by Gasteiger charge is 2.62. The van der Waals surface area contributed by atoms with Crippen LogP contribution < -0.4 is 0 Å². The first-order valence-corrected chi connectivity index (χ1v) is 9.00. The molecule has 0 aliphatic carbocycles. The lowest BCUT2D eigenvalue weighted by Gasteiger charge is -2.31. The first-order chi connectivity index (χ1) is 12.5. The summed E-state index contributed by atoms with van der Waals surface area (Å²) in [4.78, 5) is 32.1. The van der Waals surface area contributed by atoms with E-state index in [0.717, 1.165) is 22.2 Å². The number of likely N-dealkylation sites (tertiary alicyclic amines) is 1. The lowest BCUT2D eigenvalue weighted by atomic mass is 10.0. The Bertz CT molecular complexity index is 939. The van der Waals surface area contributed by atoms with Crippen molar-refractivity contribution in [3.63, 3.8) is 0 Å². The Morgan fingerprint density at radius 3 is 3.12 bits per heavy atom. The summed E-state index contributed by atoms with van der Waals surface area (Å²) < 4.78 is 19.6. The van der Waals surface area contributed by atoms with Gasteiger partial charge in [-0.3, -0.25) is 9.59 Å². The van der Waals surface area contributed by atoms with E-state index >= 15 is 0 Å². The molecule has 7 heteroatoms. The van der Waals surface area contributed by atoms with Crippen molar-refractivity contribution in [1.29, 1.82) is 0 Å². The molecule has 0 unspecified atom stereocenters. The SMILES string of the molecule is Cc1[nH]c2ccc(F)cc2c1CC(=O)N1CC[C@@]23OCCN2C(=O)C[C@@H]13. The topological polar surface area (TPSA) is 65.6 Å². The molecule has 3 aliphatic heterocycles. The summed E-state index contributed by atoms with van der Waals surface area (Å²) >= 11 is 0. The van der Waals surface area contributed by atoms with Gasteiger partial charge in [0.25, 0.3) is 0 Å². The molecule has 2 atom stereocenters. The number of aryl methyl sites for hydroxylation is 1. The van der Waals surface area contributed by atoms with Crippen molar-refractivity contribution in [2.45, 2.75) is 38.0 Å². The maximum absolute atomic E-state index is 13.7. The zero-order chi connectivity index (χ0) is 18.1. The van der Waals surface area contributed by atoms with Gasteiger partial charge in [0.1, 0.15) is 5.82 Å². The molecule has 26 heavy (non-hydrogen) atoms. The predicted octanol–water partition coefficient (Wildman–Crippen LogP) is 1.72. The summed E-state index contributed by atoms with van der Waals surface area (Å²) in [6.07, 6.45) is 1.18. The van der Waals surface area contributed by atoms with Gasteiger partial charge < -0.3 is 19.5 Å². The number of hydrogen-bond acceptors (Lipinski definition) is 3. The summed E-state index contributed by atoms with van der Waals surface area (Å²) in [5.41, 5.74) is 1.90. The van der Waals surface area contributed by atoms with E-state index in [2.05, 4.69) is 4.98 Å². The largest absolute Gasteiger partial charge is 0.358 e. The number of amides is 2. The summed E-state index contributed by atoms with van der Waals surface area (Å²) in [6.45, 7) is 3.62. The molecule has 136 valence electrons. The van der Waals surface area contributed by atoms with Crippen molar-refractivity contribution in [1.82, 2.24) is 14.8 Å². The number of ether oxygens (including phenoxy) is 1. The molecule has 4 heterocycles. The Morgan fingerprint density at radius 2 is 2.27 bits per heavy atom. The second-order valence-corrected chi connectivity index (χ2v) is 7.39. The fourth-order valence-electron chi connectivity index (χ4n) is 4.93. The van der Waals surface area contributed by atoms with E-state index < -0.39 is 5.72 Å². The monoisotopic (exact) mass is 357 g/mol. The number of nitrogens with one attached hydrogen (secondary N) is 1. The molecular formula is C19H20FN3O3. The minimum absolute atomic E-state index is 0.0368. The number of H-pyrrole nitrogens is 1. The number of halogens is 1. The van der Waals surface area contributed by atoms with Crippen LogP contribution in [0.25, 0.3) is 10.9 Å². The van der Waals surface area contributed by atoms with E-state index in [1.165, 1.54) is 12.1 Å². The van der Waals surface area contributed by atoms with Gasteiger partial charge in [-0.1, -0.05) is 0 Å². The molecule has 0 saturated carbocycles. The predicted molar refractivity (Wildman–Crippen MR) is 91.8 cm³/mol. The fourth-order valence-corrected chi connectivity index (χ4v) is 4.93. The van der Waals surface area contributed by atoms with E-state index in [1.807, 2.05) is 6.92 Å². The second kappa shape index (κ2) is 5.30. The molecule has 2 aromatic rings. The van der Waals surface area contributed by atoms with Crippen LogP contribution in [0.5, 0.6) is 0 Å². The van der Waals surface area contributed by atoms with Gasteiger partial charge in [-0.25, -0.2) is 4.39 Å². The van der Waals surface area contributed by atoms with Crippen molar-refractivity contribution in [2.24, 2.45) is 0 Å². The maximum Gasteiger partial charge on any atom is 0.227 e. The van der Waals surface area contributed by atoms with Crippen LogP contribution in [0, 0.1) is 12.7 Å². The number of aromatic nitrogens is 1. The van der Waals surface area contributed by atoms with Crippen molar-refractivity contribution in [3.05, 3.63) is 35.3 Å². The van der Waals surface area contributed by atoms with E-state index in [-0.39, 0.29) is 30.1 Å². The van der Waals surface area contributed by atoms with Crippen LogP contribution in [0.15, 0.2) is 18.2 Å². The van der Waals surface area contributed by atoms with Gasteiger partial charge >= 0.3 is 0 Å². The first kappa shape index (κ1) is 15.8. The number of rotatable bonds is 2. The van der Waals surface area contributed by atoms with Gasteiger partial charge in [-0.2, -0.15) is 0 Å². The van der Waals surface area contributed by atoms with E-state index in [9.17, 15) is 14.0 Å². The third-order valence-electron chi connectivity index (χ3n) is 6.13. The molecule has 0 bridgehead atoms. The van der Waals surface area contributed by atoms with Gasteiger partial charge in [0.2, 0.25) is 11.8 Å². The lowest BCUT2D eigenvalue weighted by molar-refractivity contribution is -0.139. The van der Waals surface area contributed by atoms with E-state index in [4.69, 9.17) is 4.74 Å². The molecule has 1 spiro atoms. The van der Waals surface area contributed by atoms with Crippen LogP contribution in [0.1, 0.15) is 24.1 Å². The molecule has 2 amide bonds. The quantitative estimate of drug-likeness (QED) is 0.890. The molecule has 1 N–H and O–H groups in total. The Hall–Kier alpha value is -2.41. The van der Waals surface area contributed by atoms with Crippen molar-refractivity contribution < 1.29 is 18.7 Å². The number of carbonyl (C=O) groups excluding carboxylic acids is 2. The van der Waals surface area contributed by atoms with Crippen molar-refractivity contribution in [2.75, 3.05) is 19.7 Å². The van der Waals surface area contributed by atoms with Gasteiger partial charge in [-0.05, 0) is 30.7 Å². The smallest absolute Gasteiger partial charge is 0.227 e. The number of carbonyl (C=O) groups is 2. The molecule has 1 aromatic carbocycles. The van der Waals surface area contributed by atoms with Crippen LogP contribution in [0.2, 0.25) is 0 Å². The van der Waals surface area contributed by atoms with Gasteiger partial charge in [0.05, 0.1) is 25.5 Å². The summed E-state index contributed by atoms with van der Waals surface area (Å²) in [6, 6.07) is 4.35. The Morgan fingerprint density at radius 1 is 1.42 bits per heavy atom. The Labute approximate surface area is 149 Å². The second-order valence-electron chi connectivity index (χ2n) is 7.39. The third kappa shape index (κ3) is 2.00. The summed E-state index contributed by atoms with van der Waals surface area (Å²) in [7, 11) is 0. The molecular weight excluding hydrogens is 337 g/mol. The zero-order valence-electron chi connectivity index (χ0n) is 14.5. The number of benzene rings is 1. The molecule has 3 fully saturated rings. The highest BCUT2D eigenvalue weighted by molar-refractivity contribution is 5.91. The normalized spacial score (nSPS) is 27.5. The van der Waals surface area contributed by atoms with Crippen LogP contribution in [0.3, 0.4) is 0 Å². The molecule has 5 rings (SSSR count). The standard InChI is InChI=1S/C19H20FN3O3/c1-11-13(14-8-12(20)2-3-15(14)21-11)9-17(24)22-5-4-19-16(22)10-18(25)23(19)6-7-26-19/h2-3,8,16,21H,4-7,9-10H2,1H3/t16-,19+/m1/s1. The van der Waals surface area contributed by atoms with Gasteiger partial charge in [0.15, 0.2) is 5.72 Å². The van der Waals surface area contributed by atoms with Crippen molar-refractivity contribution in [3.8, 4) is 0 Å². The zero-order valence-corrected chi connectivity index (χ0v) is 14.5. The van der Waals surface area contributed by atoms with Crippen LogP contribution in [-0.4, -0.2) is 58.1 Å². The molecule has 3 saturated heterocycles. The van der Waals surface area contributed by atoms with Crippen LogP contribution in [0.4, 0.5) is 4.39 Å². The number of aromatic amines is 1. The van der Waals surface area contributed by atoms with Gasteiger partial charge in [0, 0.05) is 36.1 Å². The minimum Gasteiger partial charge on any atom is -0.358 e. The lowest BCUT2D eigenvalue weighted by Crippen LogP contribution is -2.49. The number of nitrogens with zero attached hydrogens (tertiary/aromatic N) is 2. The first-order valence-electron chi connectivity index (χ1n) is 9.00. The van der Waals surface area contributed by atoms with Crippen LogP contribution in [-0.2, 0) is 20.7 Å². The van der Waals surface area contributed by atoms with Crippen molar-refractivity contribution >= 4 is 22.7 Å². The molecule has 3 aliphatic rings. The third-order valence-corrected chi connectivity index (χ3v) is 6.13. The minimum atomic E-state index is -0.617. The summed E-state index contributed by atoms with van der Waals surface area (Å²) in [5, 5.41) is 0.742.